The van der Waals surface area contributed by atoms with Gasteiger partial charge in [-0.05, 0) is 56.7 Å². The topological polar surface area (TPSA) is 47.3 Å². The third-order valence-electron chi connectivity index (χ3n) is 6.34. The zero-order chi connectivity index (χ0) is 18.4. The number of amides is 1. The lowest BCUT2D eigenvalue weighted by atomic mass is 9.81. The van der Waals surface area contributed by atoms with Crippen LogP contribution in [0, 0.1) is 17.2 Å². The van der Waals surface area contributed by atoms with E-state index in [0.29, 0.717) is 12.5 Å². The molecule has 4 nitrogen and oxygen atoms in total. The molecule has 0 bridgehead atoms. The average Bonchev–Trinajstić information content (AvgIpc) is 2.70. The Morgan fingerprint density at radius 3 is 2.46 bits per heavy atom. The summed E-state index contributed by atoms with van der Waals surface area (Å²) in [5.41, 5.74) is 0.844. The van der Waals surface area contributed by atoms with Gasteiger partial charge in [0, 0.05) is 7.05 Å². The molecule has 3 rings (SSSR count). The summed E-state index contributed by atoms with van der Waals surface area (Å²) in [5.74, 6) is 0.820. The number of benzene rings is 1. The summed E-state index contributed by atoms with van der Waals surface area (Å²) >= 11 is 0. The van der Waals surface area contributed by atoms with Crippen LogP contribution in [0.1, 0.15) is 50.5 Å². The lowest BCUT2D eigenvalue weighted by molar-refractivity contribution is -0.136. The van der Waals surface area contributed by atoms with Gasteiger partial charge in [-0.3, -0.25) is 9.69 Å². The second-order valence-electron chi connectivity index (χ2n) is 8.07. The fourth-order valence-corrected chi connectivity index (χ4v) is 4.49. The molecule has 26 heavy (non-hydrogen) atoms. The molecule has 0 aromatic heterocycles. The van der Waals surface area contributed by atoms with Gasteiger partial charge in [0.25, 0.3) is 0 Å². The number of likely N-dealkylation sites (N-methyl/N-ethyl adjacent to an activating group) is 1. The molecule has 1 aliphatic carbocycles. The van der Waals surface area contributed by atoms with Gasteiger partial charge >= 0.3 is 0 Å². The van der Waals surface area contributed by atoms with Gasteiger partial charge in [0.2, 0.25) is 5.91 Å². The predicted octanol–water partition coefficient (Wildman–Crippen LogP) is 3.63. The standard InChI is InChI=1S/C22H31N3O/c1-24(22(18-23)12-6-3-7-13-22)21(26)17-25-14-10-20(11-15-25)16-19-8-4-2-5-9-19/h2,4-5,8-9,20H,3,6-7,10-17H2,1H3. The SMILES string of the molecule is CN(C(=O)CN1CCC(Cc2ccccc2)CC1)C1(C#N)CCCCC1. The van der Waals surface area contributed by atoms with Crippen molar-refractivity contribution in [2.24, 2.45) is 5.92 Å². The molecule has 0 unspecified atom stereocenters. The number of carbonyl (C=O) groups excluding carboxylic acids is 1. The molecule has 1 saturated heterocycles. The fourth-order valence-electron chi connectivity index (χ4n) is 4.49. The van der Waals surface area contributed by atoms with E-state index >= 15 is 0 Å². The van der Waals surface area contributed by atoms with Crippen LogP contribution in [0.4, 0.5) is 0 Å². The molecule has 0 spiro atoms. The summed E-state index contributed by atoms with van der Waals surface area (Å²) in [7, 11) is 1.83. The number of likely N-dealkylation sites (tertiary alicyclic amines) is 1. The molecule has 2 fully saturated rings. The van der Waals surface area contributed by atoms with Gasteiger partial charge in [0.15, 0.2) is 0 Å². The van der Waals surface area contributed by atoms with Crippen LogP contribution < -0.4 is 0 Å². The smallest absolute Gasteiger partial charge is 0.237 e. The molecule has 1 saturated carbocycles. The minimum atomic E-state index is -0.568. The first-order valence-electron chi connectivity index (χ1n) is 10.1. The van der Waals surface area contributed by atoms with Gasteiger partial charge in [-0.1, -0.05) is 49.6 Å². The van der Waals surface area contributed by atoms with E-state index in [9.17, 15) is 10.1 Å². The van der Waals surface area contributed by atoms with Crippen molar-refractivity contribution < 1.29 is 4.79 Å². The molecule has 1 heterocycles. The molecule has 140 valence electrons. The number of hydrogen-bond donors (Lipinski definition) is 0. The van der Waals surface area contributed by atoms with Gasteiger partial charge in [-0.25, -0.2) is 0 Å². The van der Waals surface area contributed by atoms with E-state index in [1.54, 1.807) is 4.90 Å². The number of carbonyl (C=O) groups is 1. The van der Waals surface area contributed by atoms with E-state index in [1.165, 1.54) is 12.0 Å². The third kappa shape index (κ3) is 4.45. The second-order valence-corrected chi connectivity index (χ2v) is 8.07. The second kappa shape index (κ2) is 8.68. The van der Waals surface area contributed by atoms with Crippen molar-refractivity contribution in [3.63, 3.8) is 0 Å². The fraction of sp³-hybridized carbons (Fsp3) is 0.636. The molecule has 0 N–H and O–H groups in total. The maximum absolute atomic E-state index is 12.8. The molecular weight excluding hydrogens is 322 g/mol. The molecule has 0 radical (unpaired) electrons. The maximum atomic E-state index is 12.8. The van der Waals surface area contributed by atoms with Crippen LogP contribution in [0.5, 0.6) is 0 Å². The Kier molecular flexibility index (Phi) is 6.32. The first-order chi connectivity index (χ1) is 12.6. The first kappa shape index (κ1) is 18.9. The quantitative estimate of drug-likeness (QED) is 0.812. The molecule has 4 heteroatoms. The van der Waals surface area contributed by atoms with Crippen LogP contribution in [0.25, 0.3) is 0 Å². The summed E-state index contributed by atoms with van der Waals surface area (Å²) in [6, 6.07) is 13.1. The van der Waals surface area contributed by atoms with Gasteiger partial charge in [-0.15, -0.1) is 0 Å². The van der Waals surface area contributed by atoms with E-state index < -0.39 is 5.54 Å². The number of nitrogens with zero attached hydrogens (tertiary/aromatic N) is 3. The Labute approximate surface area is 157 Å². The summed E-state index contributed by atoms with van der Waals surface area (Å²) in [6.45, 7) is 2.42. The molecular formula is C22H31N3O. The zero-order valence-electron chi connectivity index (χ0n) is 16.0. The van der Waals surface area contributed by atoms with E-state index in [4.69, 9.17) is 0 Å². The highest BCUT2D eigenvalue weighted by atomic mass is 16.2. The van der Waals surface area contributed by atoms with Crippen LogP contribution in [-0.4, -0.2) is 47.9 Å². The number of piperidine rings is 1. The highest BCUT2D eigenvalue weighted by Gasteiger charge is 2.39. The Hall–Kier alpha value is -1.86. The van der Waals surface area contributed by atoms with Crippen molar-refractivity contribution in [3.05, 3.63) is 35.9 Å². The average molecular weight is 354 g/mol. The molecule has 1 aliphatic heterocycles. The monoisotopic (exact) mass is 353 g/mol. The van der Waals surface area contributed by atoms with Gasteiger partial charge in [-0.2, -0.15) is 5.26 Å². The van der Waals surface area contributed by atoms with E-state index in [0.717, 1.165) is 58.0 Å². The number of rotatable bonds is 5. The lowest BCUT2D eigenvalue weighted by Crippen LogP contribution is -2.53. The highest BCUT2D eigenvalue weighted by molar-refractivity contribution is 5.79. The minimum absolute atomic E-state index is 0.106. The summed E-state index contributed by atoms with van der Waals surface area (Å²) in [4.78, 5) is 16.8. The lowest BCUT2D eigenvalue weighted by Gasteiger charge is -2.40. The van der Waals surface area contributed by atoms with Crippen LogP contribution >= 0.6 is 0 Å². The Bertz CT molecular complexity index is 623. The summed E-state index contributed by atoms with van der Waals surface area (Å²) in [5, 5.41) is 9.68. The van der Waals surface area contributed by atoms with Crippen molar-refractivity contribution in [2.75, 3.05) is 26.7 Å². The molecule has 1 aromatic rings. The van der Waals surface area contributed by atoms with Crippen LogP contribution in [-0.2, 0) is 11.2 Å². The predicted molar refractivity (Wildman–Crippen MR) is 104 cm³/mol. The Balaban J connectivity index is 1.48. The molecule has 2 aliphatic rings. The van der Waals surface area contributed by atoms with Crippen molar-refractivity contribution >= 4 is 5.91 Å². The van der Waals surface area contributed by atoms with E-state index in [2.05, 4.69) is 41.3 Å². The van der Waals surface area contributed by atoms with Gasteiger partial charge < -0.3 is 4.90 Å². The van der Waals surface area contributed by atoms with E-state index in [-0.39, 0.29) is 5.91 Å². The molecule has 0 atom stereocenters. The first-order valence-corrected chi connectivity index (χ1v) is 10.1. The largest absolute Gasteiger partial charge is 0.326 e. The van der Waals surface area contributed by atoms with Crippen LogP contribution in [0.15, 0.2) is 30.3 Å². The number of nitriles is 1. The van der Waals surface area contributed by atoms with Crippen molar-refractivity contribution in [1.29, 1.82) is 5.26 Å². The molecule has 1 aromatic carbocycles. The highest BCUT2D eigenvalue weighted by Crippen LogP contribution is 2.32. The summed E-state index contributed by atoms with van der Waals surface area (Å²) in [6.07, 6.45) is 8.37. The normalized spacial score (nSPS) is 21.1. The minimum Gasteiger partial charge on any atom is -0.326 e. The zero-order valence-corrected chi connectivity index (χ0v) is 16.0. The van der Waals surface area contributed by atoms with E-state index in [1.807, 2.05) is 7.05 Å². The summed E-state index contributed by atoms with van der Waals surface area (Å²) < 4.78 is 0. The maximum Gasteiger partial charge on any atom is 0.237 e. The van der Waals surface area contributed by atoms with Crippen molar-refractivity contribution in [1.82, 2.24) is 9.80 Å². The van der Waals surface area contributed by atoms with Crippen LogP contribution in [0.2, 0.25) is 0 Å². The Morgan fingerprint density at radius 2 is 1.85 bits per heavy atom. The molecule has 1 amide bonds. The van der Waals surface area contributed by atoms with Crippen LogP contribution in [0.3, 0.4) is 0 Å². The van der Waals surface area contributed by atoms with Crippen molar-refractivity contribution in [2.45, 2.75) is 56.9 Å². The third-order valence-corrected chi connectivity index (χ3v) is 6.34. The van der Waals surface area contributed by atoms with Gasteiger partial charge in [0.1, 0.15) is 5.54 Å². The van der Waals surface area contributed by atoms with Gasteiger partial charge in [0.05, 0.1) is 12.6 Å². The Morgan fingerprint density at radius 1 is 1.19 bits per heavy atom. The number of hydrogen-bond acceptors (Lipinski definition) is 3. The van der Waals surface area contributed by atoms with Crippen molar-refractivity contribution in [3.8, 4) is 6.07 Å².